The van der Waals surface area contributed by atoms with E-state index in [1.54, 1.807) is 12.1 Å². The number of para-hydroxylation sites is 5. The molecule has 6 aromatic carbocycles. The molecule has 5 heteroatoms. The van der Waals surface area contributed by atoms with Crippen LogP contribution in [0, 0.1) is 6.92 Å². The van der Waals surface area contributed by atoms with Crippen LogP contribution in [-0.2, 0) is 10.2 Å². The average molecular weight is 666 g/mol. The Balaban J connectivity index is 1.40. The number of hydrogen-bond donors (Lipinski definition) is 0. The minimum Gasteiger partial charge on any atom is -0.465 e. The fourth-order valence-electron chi connectivity index (χ4n) is 7.16. The number of rotatable bonds is 5. The van der Waals surface area contributed by atoms with Gasteiger partial charge in [0, 0.05) is 16.6 Å². The van der Waals surface area contributed by atoms with Crippen molar-refractivity contribution in [3.8, 4) is 22.4 Å². The highest BCUT2D eigenvalue weighted by Crippen LogP contribution is 2.55. The van der Waals surface area contributed by atoms with E-state index in [1.165, 1.54) is 12.7 Å². The lowest BCUT2D eigenvalue weighted by Crippen LogP contribution is -2.24. The van der Waals surface area contributed by atoms with Crippen molar-refractivity contribution in [3.05, 3.63) is 162 Å². The highest BCUT2D eigenvalue weighted by molar-refractivity contribution is 6.10. The molecule has 0 bridgehead atoms. The monoisotopic (exact) mass is 665 g/mol. The normalized spacial score (nSPS) is 12.4. The number of hydrogen-bond acceptors (Lipinski definition) is 5. The van der Waals surface area contributed by atoms with Crippen molar-refractivity contribution in [2.24, 2.45) is 0 Å². The number of methoxy groups -OCH3 is 1. The highest BCUT2D eigenvalue weighted by Gasteiger charge is 2.31. The molecular formula is C46H39N3O2. The molecule has 7 aromatic rings. The molecule has 0 saturated carbocycles. The van der Waals surface area contributed by atoms with E-state index in [1.807, 2.05) is 12.1 Å². The Labute approximate surface area is 299 Å². The number of pyridine rings is 1. The molecular weight excluding hydrogens is 627 g/mol. The number of anilines is 6. The first-order chi connectivity index (χ1) is 24.7. The van der Waals surface area contributed by atoms with E-state index in [0.717, 1.165) is 73.0 Å². The number of aryl methyl sites for hydroxylation is 1. The largest absolute Gasteiger partial charge is 0.465 e. The Morgan fingerprint density at radius 2 is 1.16 bits per heavy atom. The quantitative estimate of drug-likeness (QED) is 0.171. The molecule has 0 saturated heterocycles. The van der Waals surface area contributed by atoms with Gasteiger partial charge in [-0.3, -0.25) is 0 Å². The number of esters is 1. The van der Waals surface area contributed by atoms with Gasteiger partial charge < -0.3 is 14.5 Å². The van der Waals surface area contributed by atoms with Crippen LogP contribution in [0.4, 0.5) is 34.1 Å². The number of benzene rings is 6. The van der Waals surface area contributed by atoms with E-state index in [0.29, 0.717) is 5.56 Å². The zero-order chi connectivity index (χ0) is 35.3. The molecule has 0 spiro atoms. The van der Waals surface area contributed by atoms with Gasteiger partial charge in [0.15, 0.2) is 0 Å². The van der Waals surface area contributed by atoms with Gasteiger partial charge in [-0.05, 0) is 95.3 Å². The van der Waals surface area contributed by atoms with Crippen LogP contribution in [-0.4, -0.2) is 18.1 Å². The summed E-state index contributed by atoms with van der Waals surface area (Å²) in [6.45, 7) is 8.89. The van der Waals surface area contributed by atoms with Gasteiger partial charge in [-0.1, -0.05) is 106 Å². The smallest absolute Gasteiger partial charge is 0.337 e. The van der Waals surface area contributed by atoms with E-state index in [-0.39, 0.29) is 11.4 Å². The van der Waals surface area contributed by atoms with Crippen LogP contribution >= 0.6 is 0 Å². The molecule has 51 heavy (non-hydrogen) atoms. The molecule has 0 unspecified atom stereocenters. The van der Waals surface area contributed by atoms with Crippen LogP contribution in [0.5, 0.6) is 0 Å². The second-order valence-electron chi connectivity index (χ2n) is 14.1. The highest BCUT2D eigenvalue weighted by atomic mass is 16.5. The summed E-state index contributed by atoms with van der Waals surface area (Å²) >= 11 is 0. The Bertz CT molecular complexity index is 2360. The molecule has 250 valence electrons. The van der Waals surface area contributed by atoms with Crippen LogP contribution in [0.2, 0.25) is 0 Å². The third-order valence-corrected chi connectivity index (χ3v) is 9.79. The molecule has 0 aliphatic carbocycles. The zero-order valence-electron chi connectivity index (χ0n) is 29.5. The molecule has 1 aliphatic heterocycles. The fourth-order valence-corrected chi connectivity index (χ4v) is 7.16. The maximum Gasteiger partial charge on any atom is 0.337 e. The molecule has 0 amide bonds. The average Bonchev–Trinajstić information content (AvgIpc) is 3.16. The topological polar surface area (TPSA) is 45.7 Å². The number of nitrogens with zero attached hydrogens (tertiary/aromatic N) is 3. The van der Waals surface area contributed by atoms with Gasteiger partial charge in [0.1, 0.15) is 0 Å². The SMILES string of the molecule is COC(=O)c1ccc(-c2cc(-c3ccc(C(C)(C)C)cc3)c3c(C)ccc(N4c5ccccc5N(c5ccccc5)c5ccccc54)c3n2)cc1. The van der Waals surface area contributed by atoms with Crippen LogP contribution in [0.3, 0.4) is 0 Å². The molecule has 2 heterocycles. The van der Waals surface area contributed by atoms with Crippen molar-refractivity contribution in [1.82, 2.24) is 4.98 Å². The predicted molar refractivity (Wildman–Crippen MR) is 210 cm³/mol. The molecule has 1 aromatic heterocycles. The summed E-state index contributed by atoms with van der Waals surface area (Å²) in [6.07, 6.45) is 0. The predicted octanol–water partition coefficient (Wildman–Crippen LogP) is 12.2. The van der Waals surface area contributed by atoms with E-state index in [4.69, 9.17) is 9.72 Å². The van der Waals surface area contributed by atoms with Gasteiger partial charge in [0.25, 0.3) is 0 Å². The van der Waals surface area contributed by atoms with Gasteiger partial charge in [-0.2, -0.15) is 0 Å². The van der Waals surface area contributed by atoms with Crippen molar-refractivity contribution in [3.63, 3.8) is 0 Å². The van der Waals surface area contributed by atoms with Crippen LogP contribution < -0.4 is 9.80 Å². The molecule has 0 atom stereocenters. The second-order valence-corrected chi connectivity index (χ2v) is 14.1. The zero-order valence-corrected chi connectivity index (χ0v) is 29.5. The molecule has 0 fully saturated rings. The Kier molecular flexibility index (Phi) is 7.91. The summed E-state index contributed by atoms with van der Waals surface area (Å²) in [5.41, 5.74) is 14.2. The number of aromatic nitrogens is 1. The van der Waals surface area contributed by atoms with Gasteiger partial charge in [0.05, 0.1) is 52.3 Å². The molecule has 5 nitrogen and oxygen atoms in total. The number of carbonyl (C=O) groups is 1. The number of fused-ring (bicyclic) bond motifs is 3. The summed E-state index contributed by atoms with van der Waals surface area (Å²) in [7, 11) is 1.40. The van der Waals surface area contributed by atoms with Gasteiger partial charge in [-0.25, -0.2) is 9.78 Å². The van der Waals surface area contributed by atoms with Crippen LogP contribution in [0.25, 0.3) is 33.3 Å². The maximum atomic E-state index is 12.3. The van der Waals surface area contributed by atoms with E-state index in [9.17, 15) is 4.79 Å². The van der Waals surface area contributed by atoms with Crippen molar-refractivity contribution in [2.45, 2.75) is 33.1 Å². The van der Waals surface area contributed by atoms with Crippen molar-refractivity contribution in [1.29, 1.82) is 0 Å². The summed E-state index contributed by atoms with van der Waals surface area (Å²) in [4.78, 5) is 22.5. The van der Waals surface area contributed by atoms with Crippen molar-refractivity contribution in [2.75, 3.05) is 16.9 Å². The maximum absolute atomic E-state index is 12.3. The molecule has 1 aliphatic rings. The molecule has 8 rings (SSSR count). The third-order valence-electron chi connectivity index (χ3n) is 9.79. The van der Waals surface area contributed by atoms with Crippen LogP contribution in [0.15, 0.2) is 146 Å². The molecule has 0 N–H and O–H groups in total. The van der Waals surface area contributed by atoms with Gasteiger partial charge >= 0.3 is 5.97 Å². The lowest BCUT2D eigenvalue weighted by molar-refractivity contribution is 0.0600. The summed E-state index contributed by atoms with van der Waals surface area (Å²) in [6, 6.07) is 50.7. The lowest BCUT2D eigenvalue weighted by Gasteiger charge is -2.40. The van der Waals surface area contributed by atoms with Gasteiger partial charge in [0.2, 0.25) is 0 Å². The Morgan fingerprint density at radius 3 is 1.73 bits per heavy atom. The lowest BCUT2D eigenvalue weighted by atomic mass is 9.85. The van der Waals surface area contributed by atoms with E-state index >= 15 is 0 Å². The second kappa shape index (κ2) is 12.6. The Morgan fingerprint density at radius 1 is 0.608 bits per heavy atom. The van der Waals surface area contributed by atoms with E-state index < -0.39 is 0 Å². The first-order valence-corrected chi connectivity index (χ1v) is 17.3. The van der Waals surface area contributed by atoms with Crippen LogP contribution in [0.1, 0.15) is 42.3 Å². The first-order valence-electron chi connectivity index (χ1n) is 17.3. The summed E-state index contributed by atoms with van der Waals surface area (Å²) in [5.74, 6) is -0.363. The minimum absolute atomic E-state index is 0.0388. The fraction of sp³-hybridized carbons (Fsp3) is 0.130. The molecule has 0 radical (unpaired) electrons. The summed E-state index contributed by atoms with van der Waals surface area (Å²) < 4.78 is 4.98. The standard InChI is InChI=1S/C46H39N3O2/c1-30-19-28-42(49-40-17-11-9-15-38(40)48(35-13-7-6-8-14-35)39-16-10-12-18-41(39)49)44-43(30)36(31-24-26-34(27-25-31)46(2,3)4)29-37(47-44)32-20-22-33(23-21-32)45(50)51-5/h6-29H,1-5H3. The van der Waals surface area contributed by atoms with Crippen molar-refractivity contribution >= 4 is 51.0 Å². The van der Waals surface area contributed by atoms with Crippen molar-refractivity contribution < 1.29 is 9.53 Å². The first kappa shape index (κ1) is 32.0. The summed E-state index contributed by atoms with van der Waals surface area (Å²) in [5, 5.41) is 1.10. The number of carbonyl (C=O) groups excluding carboxylic acids is 1. The minimum atomic E-state index is -0.363. The van der Waals surface area contributed by atoms with E-state index in [2.05, 4.69) is 159 Å². The number of ether oxygens (including phenoxy) is 1. The Hall–Kier alpha value is -6.20. The van der Waals surface area contributed by atoms with Gasteiger partial charge in [-0.15, -0.1) is 0 Å². The third kappa shape index (κ3) is 5.61.